The molecule has 2 unspecified atom stereocenters. The number of halogens is 2. The molecule has 1 saturated carbocycles. The van der Waals surface area contributed by atoms with Crippen LogP contribution in [0.3, 0.4) is 0 Å². The maximum Gasteiger partial charge on any atom is 0.136 e. The number of nitrogens with zero attached hydrogens (tertiary/aromatic N) is 2. The van der Waals surface area contributed by atoms with Crippen LogP contribution in [0.1, 0.15) is 66.0 Å². The first-order valence-electron chi connectivity index (χ1n) is 9.61. The second kappa shape index (κ2) is 7.74. The Bertz CT molecular complexity index is 852. The average molecular weight is 470 g/mol. The molecule has 154 valence electrons. The summed E-state index contributed by atoms with van der Waals surface area (Å²) in [7, 11) is 0. The van der Waals surface area contributed by atoms with Gasteiger partial charge in [-0.2, -0.15) is 5.10 Å². The van der Waals surface area contributed by atoms with Gasteiger partial charge < -0.3 is 4.55 Å². The van der Waals surface area contributed by atoms with Gasteiger partial charge in [-0.25, -0.2) is 4.39 Å². The Labute approximate surface area is 178 Å². The van der Waals surface area contributed by atoms with Gasteiger partial charge in [-0.1, -0.05) is 15.9 Å². The summed E-state index contributed by atoms with van der Waals surface area (Å²) in [6.45, 7) is 12.1. The van der Waals surface area contributed by atoms with Crippen LogP contribution in [0.2, 0.25) is 0 Å². The van der Waals surface area contributed by atoms with Gasteiger partial charge in [0, 0.05) is 27.0 Å². The average Bonchev–Trinajstić information content (AvgIpc) is 3.30. The molecule has 2 aromatic rings. The van der Waals surface area contributed by atoms with E-state index in [-0.39, 0.29) is 22.1 Å². The van der Waals surface area contributed by atoms with Crippen LogP contribution < -0.4 is 4.72 Å². The topological polar surface area (TPSA) is 52.9 Å². The summed E-state index contributed by atoms with van der Waals surface area (Å²) >= 11 is 2.38. The Morgan fingerprint density at radius 1 is 1.25 bits per heavy atom. The van der Waals surface area contributed by atoms with Crippen LogP contribution in [0.5, 0.6) is 0 Å². The third-order valence-electron chi connectivity index (χ3n) is 4.84. The van der Waals surface area contributed by atoms with Crippen LogP contribution in [0.15, 0.2) is 28.9 Å². The van der Waals surface area contributed by atoms with E-state index in [1.54, 1.807) is 6.07 Å². The molecule has 4 nitrogen and oxygen atoms in total. The Hall–Kier alpha value is -0.890. The molecule has 1 heterocycles. The third kappa shape index (κ3) is 4.64. The van der Waals surface area contributed by atoms with Gasteiger partial charge in [-0.3, -0.25) is 4.68 Å². The van der Waals surface area contributed by atoms with Gasteiger partial charge in [0.15, 0.2) is 0 Å². The van der Waals surface area contributed by atoms with Crippen molar-refractivity contribution in [2.24, 2.45) is 5.92 Å². The summed E-state index contributed by atoms with van der Waals surface area (Å²) in [5.41, 5.74) is 2.32. The summed E-state index contributed by atoms with van der Waals surface area (Å²) in [5.74, 6) is 0.120. The maximum atomic E-state index is 14.1. The van der Waals surface area contributed by atoms with Gasteiger partial charge in [0.1, 0.15) is 10.6 Å². The molecule has 0 bridgehead atoms. The molecule has 1 fully saturated rings. The van der Waals surface area contributed by atoms with E-state index in [1.165, 1.54) is 12.1 Å². The molecular weight excluding hydrogens is 441 g/mol. The van der Waals surface area contributed by atoms with E-state index in [1.807, 2.05) is 31.6 Å². The zero-order chi connectivity index (χ0) is 20.9. The Kier molecular flexibility index (Phi) is 6.03. The fourth-order valence-corrected chi connectivity index (χ4v) is 4.52. The van der Waals surface area contributed by atoms with E-state index in [0.29, 0.717) is 5.92 Å². The molecule has 0 spiro atoms. The zero-order valence-corrected chi connectivity index (χ0v) is 19.7. The lowest BCUT2D eigenvalue weighted by molar-refractivity contribution is 0.359. The molecular formula is C21H29BrFN3OS. The molecule has 7 heteroatoms. The van der Waals surface area contributed by atoms with Crippen molar-refractivity contribution in [2.45, 2.75) is 70.7 Å². The molecule has 0 amide bonds. The quantitative estimate of drug-likeness (QED) is 0.570. The summed E-state index contributed by atoms with van der Waals surface area (Å²) in [4.78, 5) is 0. The highest BCUT2D eigenvalue weighted by Crippen LogP contribution is 2.46. The van der Waals surface area contributed by atoms with E-state index in [2.05, 4.69) is 46.5 Å². The number of aromatic nitrogens is 2. The van der Waals surface area contributed by atoms with Gasteiger partial charge >= 0.3 is 0 Å². The van der Waals surface area contributed by atoms with Crippen molar-refractivity contribution in [1.29, 1.82) is 0 Å². The van der Waals surface area contributed by atoms with Gasteiger partial charge in [0.05, 0.1) is 23.5 Å². The number of hydrogen-bond acceptors (Lipinski definition) is 3. The van der Waals surface area contributed by atoms with Crippen LogP contribution >= 0.6 is 15.9 Å². The second-order valence-corrected chi connectivity index (χ2v) is 12.3. The van der Waals surface area contributed by atoms with Crippen LogP contribution in [-0.2, 0) is 16.9 Å². The largest absolute Gasteiger partial charge is 0.598 e. The van der Waals surface area contributed by atoms with Gasteiger partial charge in [-0.05, 0) is 78.5 Å². The Balaban J connectivity index is 2.15. The first-order chi connectivity index (χ1) is 12.9. The number of benzene rings is 1. The highest BCUT2D eigenvalue weighted by atomic mass is 79.9. The van der Waals surface area contributed by atoms with Crippen molar-refractivity contribution in [3.8, 4) is 11.3 Å². The monoisotopic (exact) mass is 469 g/mol. The number of hydrogen-bond donors (Lipinski definition) is 1. The van der Waals surface area contributed by atoms with Crippen LogP contribution in [-0.4, -0.2) is 19.1 Å². The molecule has 1 aromatic carbocycles. The maximum absolute atomic E-state index is 14.1. The van der Waals surface area contributed by atoms with Crippen molar-refractivity contribution in [3.05, 3.63) is 40.2 Å². The molecule has 0 aliphatic heterocycles. The predicted octanol–water partition coefficient (Wildman–Crippen LogP) is 5.71. The number of nitrogens with one attached hydrogen (secondary N) is 1. The van der Waals surface area contributed by atoms with Crippen molar-refractivity contribution in [3.63, 3.8) is 0 Å². The first kappa shape index (κ1) is 21.8. The van der Waals surface area contributed by atoms with E-state index in [0.717, 1.165) is 34.1 Å². The molecule has 1 aromatic heterocycles. The van der Waals surface area contributed by atoms with E-state index < -0.39 is 11.4 Å². The molecule has 3 rings (SSSR count). The van der Waals surface area contributed by atoms with Gasteiger partial charge in [0.2, 0.25) is 0 Å². The SMILES string of the molecule is CC(C)(C)n1ncc(C(N[S+]([O-])C(C)(C)C)C2CC2)c1-c1cc(F)ccc1Br. The van der Waals surface area contributed by atoms with E-state index in [9.17, 15) is 8.94 Å². The molecule has 1 aliphatic carbocycles. The molecule has 2 atom stereocenters. The minimum Gasteiger partial charge on any atom is -0.598 e. The standard InChI is InChI=1S/C21H29BrFN3OS/c1-20(2,3)26-19(15-11-14(23)9-10-17(15)22)16(12-24-26)18(13-7-8-13)25-28(27)21(4,5)6/h9-13,18,25H,7-8H2,1-6H3. The van der Waals surface area contributed by atoms with Crippen molar-refractivity contribution in [1.82, 2.24) is 14.5 Å². The molecule has 1 aliphatic rings. The highest BCUT2D eigenvalue weighted by molar-refractivity contribution is 9.10. The van der Waals surface area contributed by atoms with Gasteiger partial charge in [-0.15, -0.1) is 4.72 Å². The van der Waals surface area contributed by atoms with Crippen LogP contribution in [0, 0.1) is 11.7 Å². The molecule has 0 saturated heterocycles. The molecule has 0 radical (unpaired) electrons. The predicted molar refractivity (Wildman–Crippen MR) is 117 cm³/mol. The fraction of sp³-hybridized carbons (Fsp3) is 0.571. The van der Waals surface area contributed by atoms with E-state index >= 15 is 0 Å². The van der Waals surface area contributed by atoms with Crippen LogP contribution in [0.25, 0.3) is 11.3 Å². The number of rotatable bonds is 5. The fourth-order valence-electron chi connectivity index (χ4n) is 3.18. The molecule has 1 N–H and O–H groups in total. The Morgan fingerprint density at radius 3 is 2.43 bits per heavy atom. The zero-order valence-electron chi connectivity index (χ0n) is 17.3. The summed E-state index contributed by atoms with van der Waals surface area (Å²) in [5, 5.41) is 4.67. The van der Waals surface area contributed by atoms with Crippen molar-refractivity contribution < 1.29 is 8.94 Å². The lowest BCUT2D eigenvalue weighted by atomic mass is 9.98. The van der Waals surface area contributed by atoms with Gasteiger partial charge in [0.25, 0.3) is 0 Å². The highest BCUT2D eigenvalue weighted by Gasteiger charge is 2.41. The smallest absolute Gasteiger partial charge is 0.136 e. The minimum atomic E-state index is -1.21. The Morgan fingerprint density at radius 2 is 1.89 bits per heavy atom. The van der Waals surface area contributed by atoms with Crippen molar-refractivity contribution >= 4 is 27.3 Å². The minimum absolute atomic E-state index is 0.0821. The second-order valence-electron chi connectivity index (χ2n) is 9.47. The lowest BCUT2D eigenvalue weighted by Gasteiger charge is -2.29. The summed E-state index contributed by atoms with van der Waals surface area (Å²) in [6.07, 6.45) is 4.03. The summed E-state index contributed by atoms with van der Waals surface area (Å²) < 4.78 is 32.7. The lowest BCUT2D eigenvalue weighted by Crippen LogP contribution is -2.42. The normalized spacial score (nSPS) is 17.6. The van der Waals surface area contributed by atoms with E-state index in [4.69, 9.17) is 0 Å². The first-order valence-corrected chi connectivity index (χ1v) is 11.6. The van der Waals surface area contributed by atoms with Crippen molar-refractivity contribution in [2.75, 3.05) is 0 Å². The summed E-state index contributed by atoms with van der Waals surface area (Å²) in [6, 6.07) is 4.62. The van der Waals surface area contributed by atoms with Crippen LogP contribution in [0.4, 0.5) is 4.39 Å². The molecule has 28 heavy (non-hydrogen) atoms. The third-order valence-corrected chi connectivity index (χ3v) is 7.11.